The van der Waals surface area contributed by atoms with E-state index in [1.54, 1.807) is 0 Å². The van der Waals surface area contributed by atoms with Crippen molar-refractivity contribution in [3.63, 3.8) is 0 Å². The number of carbonyl (C=O) groups excluding carboxylic acids is 2. The van der Waals surface area contributed by atoms with E-state index in [4.69, 9.17) is 4.42 Å². The number of amides is 2. The van der Waals surface area contributed by atoms with E-state index in [0.29, 0.717) is 5.56 Å². The average Bonchev–Trinajstić information content (AvgIpc) is 3.09. The lowest BCUT2D eigenvalue weighted by atomic mass is 9.98. The number of likely N-dealkylation sites (tertiary alicyclic amines) is 1. The molecule has 1 fully saturated rings. The Morgan fingerprint density at radius 2 is 1.86 bits per heavy atom. The van der Waals surface area contributed by atoms with Gasteiger partial charge in [-0.1, -0.05) is 12.1 Å². The van der Waals surface area contributed by atoms with E-state index in [2.05, 4.69) is 10.1 Å². The molecule has 2 aromatic rings. The molecule has 0 aliphatic carbocycles. The highest BCUT2D eigenvalue weighted by molar-refractivity contribution is 5.94. The first-order chi connectivity index (χ1) is 13.6. The van der Waals surface area contributed by atoms with Gasteiger partial charge in [0.25, 0.3) is 5.91 Å². The quantitative estimate of drug-likeness (QED) is 0.575. The maximum absolute atomic E-state index is 12.1. The number of furan rings is 1. The lowest BCUT2D eigenvalue weighted by Crippen LogP contribution is -2.55. The van der Waals surface area contributed by atoms with Crippen molar-refractivity contribution < 1.29 is 36.8 Å². The summed E-state index contributed by atoms with van der Waals surface area (Å²) in [7, 11) is 0. The summed E-state index contributed by atoms with van der Waals surface area (Å²) in [5.74, 6) is -2.43. The van der Waals surface area contributed by atoms with Crippen LogP contribution in [-0.4, -0.2) is 41.1 Å². The smallest absolute Gasteiger partial charge is 0.406 e. The Morgan fingerprint density at radius 1 is 1.21 bits per heavy atom. The molecule has 3 rings (SSSR count). The third kappa shape index (κ3) is 5.03. The standard InChI is InChI=1S/C17H14F3N3O6/c18-17(19,20)29-12-3-1-10(2-4-12)7-21-15(24)11-8-22(9-11)16(25)13-5-6-14(28-13)23(26)27/h1-6,11H,7-9H2,(H,21,24). The van der Waals surface area contributed by atoms with E-state index in [-0.39, 0.29) is 37.1 Å². The second-order valence-corrected chi connectivity index (χ2v) is 6.21. The highest BCUT2D eigenvalue weighted by atomic mass is 19.4. The average molecular weight is 413 g/mol. The second-order valence-electron chi connectivity index (χ2n) is 6.21. The summed E-state index contributed by atoms with van der Waals surface area (Å²) in [5, 5.41) is 13.2. The van der Waals surface area contributed by atoms with Gasteiger partial charge in [0.05, 0.1) is 12.0 Å². The molecule has 2 heterocycles. The van der Waals surface area contributed by atoms with Crippen molar-refractivity contribution in [1.29, 1.82) is 0 Å². The van der Waals surface area contributed by atoms with Gasteiger partial charge in [-0.2, -0.15) is 0 Å². The Labute approximate surface area is 161 Å². The largest absolute Gasteiger partial charge is 0.573 e. The van der Waals surface area contributed by atoms with Crippen LogP contribution in [0.15, 0.2) is 40.8 Å². The van der Waals surface area contributed by atoms with E-state index in [9.17, 15) is 32.9 Å². The second kappa shape index (κ2) is 7.81. The molecule has 0 spiro atoms. The van der Waals surface area contributed by atoms with Gasteiger partial charge < -0.3 is 19.4 Å². The molecule has 2 amide bonds. The molecule has 1 aliphatic rings. The first kappa shape index (κ1) is 20.2. The Kier molecular flexibility index (Phi) is 5.43. The maximum Gasteiger partial charge on any atom is 0.573 e. The van der Waals surface area contributed by atoms with Crippen molar-refractivity contribution in [2.75, 3.05) is 13.1 Å². The summed E-state index contributed by atoms with van der Waals surface area (Å²) >= 11 is 0. The van der Waals surface area contributed by atoms with Gasteiger partial charge in [0.2, 0.25) is 5.91 Å². The summed E-state index contributed by atoms with van der Waals surface area (Å²) in [6, 6.07) is 7.33. The number of hydrogen-bond acceptors (Lipinski definition) is 6. The van der Waals surface area contributed by atoms with Gasteiger partial charge in [-0.3, -0.25) is 19.7 Å². The van der Waals surface area contributed by atoms with E-state index in [1.807, 2.05) is 0 Å². The monoisotopic (exact) mass is 413 g/mol. The van der Waals surface area contributed by atoms with Crippen molar-refractivity contribution in [3.8, 4) is 5.75 Å². The van der Waals surface area contributed by atoms with E-state index in [0.717, 1.165) is 18.2 Å². The molecule has 9 nitrogen and oxygen atoms in total. The molecule has 0 unspecified atom stereocenters. The Morgan fingerprint density at radius 3 is 2.41 bits per heavy atom. The SMILES string of the molecule is O=C(NCc1ccc(OC(F)(F)F)cc1)C1CN(C(=O)c2ccc([N+](=O)[O-])o2)C1. The third-order valence-electron chi connectivity index (χ3n) is 4.15. The van der Waals surface area contributed by atoms with Gasteiger partial charge in [0, 0.05) is 19.6 Å². The molecule has 1 aliphatic heterocycles. The van der Waals surface area contributed by atoms with Crippen LogP contribution >= 0.6 is 0 Å². The number of hydrogen-bond donors (Lipinski definition) is 1. The van der Waals surface area contributed by atoms with Crippen molar-refractivity contribution in [2.45, 2.75) is 12.9 Å². The molecule has 29 heavy (non-hydrogen) atoms. The summed E-state index contributed by atoms with van der Waals surface area (Å²) < 4.78 is 45.0. The van der Waals surface area contributed by atoms with Gasteiger partial charge in [0.15, 0.2) is 5.76 Å². The van der Waals surface area contributed by atoms with Crippen molar-refractivity contribution in [3.05, 3.63) is 57.8 Å². The minimum atomic E-state index is -4.77. The number of rotatable bonds is 6. The number of nitro groups is 1. The van der Waals surface area contributed by atoms with Crippen LogP contribution in [-0.2, 0) is 11.3 Å². The number of nitrogens with zero attached hydrogens (tertiary/aromatic N) is 2. The predicted molar refractivity (Wildman–Crippen MR) is 89.7 cm³/mol. The lowest BCUT2D eigenvalue weighted by Gasteiger charge is -2.37. The summed E-state index contributed by atoms with van der Waals surface area (Å²) in [6.45, 7) is 0.342. The lowest BCUT2D eigenvalue weighted by molar-refractivity contribution is -0.402. The number of carbonyl (C=O) groups is 2. The Balaban J connectivity index is 1.44. The minimum absolute atomic E-state index is 0.0972. The van der Waals surface area contributed by atoms with Crippen LogP contribution in [0.5, 0.6) is 5.75 Å². The highest BCUT2D eigenvalue weighted by Gasteiger charge is 2.37. The van der Waals surface area contributed by atoms with E-state index in [1.165, 1.54) is 23.1 Å². The van der Waals surface area contributed by atoms with Crippen LogP contribution < -0.4 is 10.1 Å². The van der Waals surface area contributed by atoms with E-state index >= 15 is 0 Å². The fourth-order valence-corrected chi connectivity index (χ4v) is 2.65. The third-order valence-corrected chi connectivity index (χ3v) is 4.15. The predicted octanol–water partition coefficient (Wildman–Crippen LogP) is 2.47. The topological polar surface area (TPSA) is 115 Å². The molecule has 0 radical (unpaired) electrons. The maximum atomic E-state index is 12.1. The van der Waals surface area contributed by atoms with Crippen LogP contribution in [0.1, 0.15) is 16.1 Å². The molecular weight excluding hydrogens is 399 g/mol. The zero-order valence-corrected chi connectivity index (χ0v) is 14.6. The number of alkyl halides is 3. The zero-order valence-electron chi connectivity index (χ0n) is 14.6. The number of ether oxygens (including phenoxy) is 1. The molecule has 12 heteroatoms. The molecule has 154 valence electrons. The number of nitrogens with one attached hydrogen (secondary N) is 1. The molecule has 0 saturated carbocycles. The molecular formula is C17H14F3N3O6. The highest BCUT2D eigenvalue weighted by Crippen LogP contribution is 2.24. The van der Waals surface area contributed by atoms with Gasteiger partial charge in [-0.25, -0.2) is 0 Å². The molecule has 1 N–H and O–H groups in total. The van der Waals surface area contributed by atoms with Gasteiger partial charge in [-0.15, -0.1) is 13.2 Å². The summed E-state index contributed by atoms with van der Waals surface area (Å²) in [6.07, 6.45) is -4.77. The summed E-state index contributed by atoms with van der Waals surface area (Å²) in [5.41, 5.74) is 0.572. The van der Waals surface area contributed by atoms with Gasteiger partial charge in [0.1, 0.15) is 10.7 Å². The fourth-order valence-electron chi connectivity index (χ4n) is 2.65. The van der Waals surface area contributed by atoms with Crippen LogP contribution in [0.25, 0.3) is 0 Å². The van der Waals surface area contributed by atoms with Gasteiger partial charge >= 0.3 is 12.2 Å². The minimum Gasteiger partial charge on any atom is -0.406 e. The first-order valence-electron chi connectivity index (χ1n) is 8.28. The number of halogens is 3. The van der Waals surface area contributed by atoms with Crippen LogP contribution in [0.2, 0.25) is 0 Å². The van der Waals surface area contributed by atoms with Crippen LogP contribution in [0, 0.1) is 16.0 Å². The van der Waals surface area contributed by atoms with Crippen LogP contribution in [0.3, 0.4) is 0 Å². The van der Waals surface area contributed by atoms with Crippen molar-refractivity contribution in [1.82, 2.24) is 10.2 Å². The summed E-state index contributed by atoms with van der Waals surface area (Å²) in [4.78, 5) is 35.4. The normalized spacial score (nSPS) is 14.2. The van der Waals surface area contributed by atoms with Crippen molar-refractivity contribution >= 4 is 17.7 Å². The molecule has 1 aromatic carbocycles. The zero-order chi connectivity index (χ0) is 21.2. The van der Waals surface area contributed by atoms with E-state index < -0.39 is 29.0 Å². The first-order valence-corrected chi connectivity index (χ1v) is 8.28. The Hall–Kier alpha value is -3.57. The molecule has 1 saturated heterocycles. The molecule has 0 bridgehead atoms. The Bertz CT molecular complexity index is 919. The van der Waals surface area contributed by atoms with Crippen LogP contribution in [0.4, 0.5) is 19.1 Å². The number of benzene rings is 1. The fraction of sp³-hybridized carbons (Fsp3) is 0.294. The van der Waals surface area contributed by atoms with Crippen molar-refractivity contribution in [2.24, 2.45) is 5.92 Å². The molecule has 1 aromatic heterocycles. The molecule has 0 atom stereocenters. The van der Waals surface area contributed by atoms with Gasteiger partial charge in [-0.05, 0) is 23.8 Å².